The zero-order valence-corrected chi connectivity index (χ0v) is 19.6. The van der Waals surface area contributed by atoms with Crippen molar-refractivity contribution in [1.29, 1.82) is 0 Å². The Balaban J connectivity index is 1.54. The van der Waals surface area contributed by atoms with Gasteiger partial charge in [0.05, 0.1) is 10.0 Å². The number of rotatable bonds is 6. The van der Waals surface area contributed by atoms with Gasteiger partial charge in [0, 0.05) is 18.3 Å². The second kappa shape index (κ2) is 9.19. The summed E-state index contributed by atoms with van der Waals surface area (Å²) in [5.74, 6) is -0.315. The lowest BCUT2D eigenvalue weighted by Crippen LogP contribution is -2.34. The first-order chi connectivity index (χ1) is 15.2. The molecule has 0 aromatic heterocycles. The Morgan fingerprint density at radius 1 is 1.09 bits per heavy atom. The zero-order valence-electron chi connectivity index (χ0n) is 17.2. The Kier molecular flexibility index (Phi) is 6.53. The second-order valence-corrected chi connectivity index (χ2v) is 10.00. The Morgan fingerprint density at radius 2 is 1.84 bits per heavy atom. The highest BCUT2D eigenvalue weighted by molar-refractivity contribution is 7.87. The molecule has 9 heteroatoms. The molecule has 3 aromatic carbocycles. The SMILES string of the molecule is Cc1ccc(S(=O)(=O)Oc2cc3c(cc2O)C(CNc2ccc(Cl)c(Cl)c2)NCC3)cc1. The Hall–Kier alpha value is -2.45. The fraction of sp³-hybridized carbons (Fsp3) is 0.217. The smallest absolute Gasteiger partial charge is 0.339 e. The summed E-state index contributed by atoms with van der Waals surface area (Å²) in [6.07, 6.45) is 0.680. The lowest BCUT2D eigenvalue weighted by atomic mass is 9.93. The van der Waals surface area contributed by atoms with Crippen molar-refractivity contribution in [2.24, 2.45) is 0 Å². The number of hydrogen-bond donors (Lipinski definition) is 3. The fourth-order valence-corrected chi connectivity index (χ4v) is 4.84. The molecule has 3 aromatic rings. The molecule has 1 unspecified atom stereocenters. The van der Waals surface area contributed by atoms with E-state index in [1.165, 1.54) is 12.1 Å². The van der Waals surface area contributed by atoms with Crippen molar-refractivity contribution in [3.05, 3.63) is 81.3 Å². The molecule has 4 rings (SSSR count). The highest BCUT2D eigenvalue weighted by atomic mass is 35.5. The van der Waals surface area contributed by atoms with Gasteiger partial charge < -0.3 is 19.9 Å². The molecular formula is C23H22Cl2N2O4S. The molecule has 1 heterocycles. The molecule has 1 aliphatic heterocycles. The lowest BCUT2D eigenvalue weighted by Gasteiger charge is -2.28. The van der Waals surface area contributed by atoms with Crippen LogP contribution in [0.3, 0.4) is 0 Å². The zero-order chi connectivity index (χ0) is 22.9. The van der Waals surface area contributed by atoms with Gasteiger partial charge in [-0.3, -0.25) is 0 Å². The molecule has 0 saturated carbocycles. The van der Waals surface area contributed by atoms with Gasteiger partial charge in [-0.25, -0.2) is 0 Å². The second-order valence-electron chi connectivity index (χ2n) is 7.64. The van der Waals surface area contributed by atoms with E-state index in [2.05, 4.69) is 10.6 Å². The van der Waals surface area contributed by atoms with Crippen molar-refractivity contribution in [2.45, 2.75) is 24.3 Å². The molecule has 1 atom stereocenters. The summed E-state index contributed by atoms with van der Waals surface area (Å²) in [4.78, 5) is 0.0330. The molecule has 32 heavy (non-hydrogen) atoms. The number of aromatic hydroxyl groups is 1. The van der Waals surface area contributed by atoms with Crippen LogP contribution in [0.5, 0.6) is 11.5 Å². The third-order valence-electron chi connectivity index (χ3n) is 5.32. The van der Waals surface area contributed by atoms with E-state index in [9.17, 15) is 13.5 Å². The Labute approximate surface area is 197 Å². The highest BCUT2D eigenvalue weighted by Gasteiger charge is 2.25. The van der Waals surface area contributed by atoms with Gasteiger partial charge in [0.25, 0.3) is 0 Å². The molecule has 3 N–H and O–H groups in total. The van der Waals surface area contributed by atoms with Crippen LogP contribution in [0.4, 0.5) is 5.69 Å². The topological polar surface area (TPSA) is 87.7 Å². The van der Waals surface area contributed by atoms with Crippen LogP contribution < -0.4 is 14.8 Å². The average Bonchev–Trinajstić information content (AvgIpc) is 2.75. The number of phenols is 1. The molecule has 0 fully saturated rings. The van der Waals surface area contributed by atoms with Gasteiger partial charge in [0.1, 0.15) is 4.90 Å². The molecule has 0 amide bonds. The van der Waals surface area contributed by atoms with Crippen LogP contribution in [0.2, 0.25) is 10.0 Å². The summed E-state index contributed by atoms with van der Waals surface area (Å²) in [5.41, 5.74) is 3.55. The van der Waals surface area contributed by atoms with Crippen molar-refractivity contribution < 1.29 is 17.7 Å². The van der Waals surface area contributed by atoms with Crippen molar-refractivity contribution in [3.63, 3.8) is 0 Å². The van der Waals surface area contributed by atoms with Gasteiger partial charge >= 0.3 is 10.1 Å². The predicted molar refractivity (Wildman–Crippen MR) is 126 cm³/mol. The number of anilines is 1. The number of hydrogen-bond acceptors (Lipinski definition) is 6. The number of phenolic OH excluding ortho intramolecular Hbond substituents is 1. The van der Waals surface area contributed by atoms with Crippen molar-refractivity contribution in [1.82, 2.24) is 5.32 Å². The Morgan fingerprint density at radius 3 is 2.56 bits per heavy atom. The summed E-state index contributed by atoms with van der Waals surface area (Å²) in [6, 6.07) is 14.7. The van der Waals surface area contributed by atoms with Gasteiger partial charge in [0.15, 0.2) is 11.5 Å². The van der Waals surface area contributed by atoms with E-state index in [1.54, 1.807) is 36.4 Å². The van der Waals surface area contributed by atoms with Crippen LogP contribution >= 0.6 is 23.2 Å². The maximum absolute atomic E-state index is 12.6. The van der Waals surface area contributed by atoms with E-state index in [0.717, 1.165) is 22.4 Å². The molecule has 0 saturated heterocycles. The summed E-state index contributed by atoms with van der Waals surface area (Å²) >= 11 is 12.0. The van der Waals surface area contributed by atoms with Crippen molar-refractivity contribution in [2.75, 3.05) is 18.4 Å². The van der Waals surface area contributed by atoms with E-state index in [4.69, 9.17) is 27.4 Å². The first kappa shape index (κ1) is 22.7. The van der Waals surface area contributed by atoms with E-state index in [0.29, 0.717) is 29.6 Å². The largest absolute Gasteiger partial charge is 0.504 e. The van der Waals surface area contributed by atoms with Gasteiger partial charge in [-0.05, 0) is 73.5 Å². The summed E-state index contributed by atoms with van der Waals surface area (Å²) in [6.45, 7) is 3.11. The summed E-state index contributed by atoms with van der Waals surface area (Å²) in [5, 5.41) is 18.2. The van der Waals surface area contributed by atoms with Crippen LogP contribution in [0.1, 0.15) is 22.7 Å². The van der Waals surface area contributed by atoms with Crippen molar-refractivity contribution in [3.8, 4) is 11.5 Å². The quantitative estimate of drug-likeness (QED) is 0.416. The molecule has 0 bridgehead atoms. The normalized spacial score (nSPS) is 15.8. The number of fused-ring (bicyclic) bond motifs is 1. The molecule has 6 nitrogen and oxygen atoms in total. The molecular weight excluding hydrogens is 471 g/mol. The first-order valence-electron chi connectivity index (χ1n) is 10.0. The maximum Gasteiger partial charge on any atom is 0.339 e. The molecule has 168 valence electrons. The third kappa shape index (κ3) is 4.96. The molecule has 0 aliphatic carbocycles. The lowest BCUT2D eigenvalue weighted by molar-refractivity contribution is 0.423. The average molecular weight is 493 g/mol. The van der Waals surface area contributed by atoms with E-state index >= 15 is 0 Å². The number of nitrogens with one attached hydrogen (secondary N) is 2. The van der Waals surface area contributed by atoms with Gasteiger partial charge in [0.2, 0.25) is 0 Å². The van der Waals surface area contributed by atoms with Crippen LogP contribution in [0.15, 0.2) is 59.5 Å². The minimum Gasteiger partial charge on any atom is -0.504 e. The Bertz CT molecular complexity index is 1250. The van der Waals surface area contributed by atoms with Crippen LogP contribution in [0, 0.1) is 6.92 Å². The number of benzene rings is 3. The van der Waals surface area contributed by atoms with Gasteiger partial charge in [-0.15, -0.1) is 0 Å². The van der Waals surface area contributed by atoms with E-state index in [1.807, 2.05) is 13.0 Å². The van der Waals surface area contributed by atoms with Crippen LogP contribution in [-0.4, -0.2) is 26.6 Å². The summed E-state index contributed by atoms with van der Waals surface area (Å²) < 4.78 is 30.5. The predicted octanol–water partition coefficient (Wildman–Crippen LogP) is 5.07. The maximum atomic E-state index is 12.6. The van der Waals surface area contributed by atoms with Crippen molar-refractivity contribution >= 4 is 39.0 Å². The molecule has 1 aliphatic rings. The number of halogens is 2. The first-order valence-corrected chi connectivity index (χ1v) is 12.2. The minimum absolute atomic E-state index is 0.0330. The monoisotopic (exact) mass is 492 g/mol. The highest BCUT2D eigenvalue weighted by Crippen LogP contribution is 2.36. The van der Waals surface area contributed by atoms with Gasteiger partial charge in [-0.1, -0.05) is 40.9 Å². The fourth-order valence-electron chi connectivity index (χ4n) is 3.60. The molecule has 0 radical (unpaired) electrons. The van der Waals surface area contributed by atoms with Gasteiger partial charge in [-0.2, -0.15) is 8.42 Å². The minimum atomic E-state index is -4.06. The van der Waals surface area contributed by atoms with Crippen LogP contribution in [-0.2, 0) is 16.5 Å². The number of aryl methyl sites for hydroxylation is 1. The molecule has 0 spiro atoms. The third-order valence-corrected chi connectivity index (χ3v) is 7.31. The van der Waals surface area contributed by atoms with E-state index < -0.39 is 10.1 Å². The summed E-state index contributed by atoms with van der Waals surface area (Å²) in [7, 11) is -4.06. The van der Waals surface area contributed by atoms with E-state index in [-0.39, 0.29) is 22.4 Å². The van der Waals surface area contributed by atoms with Crippen LogP contribution in [0.25, 0.3) is 0 Å². The standard InChI is InChI=1S/C23H22Cl2N2O4S/c1-14-2-5-17(6-3-14)32(29,30)31-23-10-15-8-9-26-21(18(15)12-22(23)28)13-27-16-4-7-19(24)20(25)11-16/h2-7,10-12,21,26-28H,8-9,13H2,1H3.